The first-order valence-corrected chi connectivity index (χ1v) is 8.62. The summed E-state index contributed by atoms with van der Waals surface area (Å²) in [7, 11) is 1.68. The van der Waals surface area contributed by atoms with Crippen molar-refractivity contribution in [2.24, 2.45) is 0 Å². The van der Waals surface area contributed by atoms with Gasteiger partial charge in [-0.2, -0.15) is 0 Å². The SMILES string of the molecule is COc1ccc2cc(C(C)c3nnc(-c4ccc(C)cc4)o3)ccc2c1. The average molecular weight is 344 g/mol. The molecule has 0 saturated carbocycles. The van der Waals surface area contributed by atoms with Crippen LogP contribution in [0, 0.1) is 6.92 Å². The van der Waals surface area contributed by atoms with Gasteiger partial charge in [0.1, 0.15) is 5.75 Å². The zero-order chi connectivity index (χ0) is 18.1. The first-order chi connectivity index (χ1) is 12.6. The van der Waals surface area contributed by atoms with Crippen molar-refractivity contribution < 1.29 is 9.15 Å². The van der Waals surface area contributed by atoms with Crippen LogP contribution in [0.2, 0.25) is 0 Å². The number of rotatable bonds is 4. The van der Waals surface area contributed by atoms with Crippen molar-refractivity contribution in [1.29, 1.82) is 0 Å². The fraction of sp³-hybridized carbons (Fsp3) is 0.182. The van der Waals surface area contributed by atoms with Crippen LogP contribution in [0.3, 0.4) is 0 Å². The van der Waals surface area contributed by atoms with Gasteiger partial charge in [-0.05, 0) is 54.4 Å². The maximum Gasteiger partial charge on any atom is 0.247 e. The zero-order valence-electron chi connectivity index (χ0n) is 15.1. The van der Waals surface area contributed by atoms with E-state index in [2.05, 4.69) is 48.3 Å². The molecule has 0 bridgehead atoms. The Balaban J connectivity index is 1.64. The Morgan fingerprint density at radius 3 is 2.38 bits per heavy atom. The highest BCUT2D eigenvalue weighted by Gasteiger charge is 2.17. The van der Waals surface area contributed by atoms with Gasteiger partial charge in [0.25, 0.3) is 0 Å². The van der Waals surface area contributed by atoms with Gasteiger partial charge in [-0.1, -0.05) is 42.0 Å². The monoisotopic (exact) mass is 344 g/mol. The van der Waals surface area contributed by atoms with Crippen molar-refractivity contribution in [3.05, 3.63) is 77.7 Å². The minimum absolute atomic E-state index is 0.0215. The lowest BCUT2D eigenvalue weighted by atomic mass is 9.97. The van der Waals surface area contributed by atoms with E-state index >= 15 is 0 Å². The number of aryl methyl sites for hydroxylation is 1. The number of aromatic nitrogens is 2. The van der Waals surface area contributed by atoms with E-state index in [1.807, 2.05) is 36.4 Å². The molecule has 1 heterocycles. The Morgan fingerprint density at radius 2 is 1.62 bits per heavy atom. The van der Waals surface area contributed by atoms with Gasteiger partial charge in [0, 0.05) is 5.56 Å². The molecule has 4 aromatic rings. The molecule has 1 atom stereocenters. The van der Waals surface area contributed by atoms with Crippen molar-refractivity contribution >= 4 is 10.8 Å². The summed E-state index contributed by atoms with van der Waals surface area (Å²) in [5, 5.41) is 10.8. The molecule has 0 saturated heterocycles. The molecule has 1 aromatic heterocycles. The molecule has 0 spiro atoms. The smallest absolute Gasteiger partial charge is 0.247 e. The highest BCUT2D eigenvalue weighted by atomic mass is 16.5. The van der Waals surface area contributed by atoms with Gasteiger partial charge in [0.2, 0.25) is 11.8 Å². The number of methoxy groups -OCH3 is 1. The molecule has 26 heavy (non-hydrogen) atoms. The second-order valence-electron chi connectivity index (χ2n) is 6.51. The van der Waals surface area contributed by atoms with E-state index in [9.17, 15) is 0 Å². The van der Waals surface area contributed by atoms with E-state index in [1.54, 1.807) is 7.11 Å². The molecule has 0 amide bonds. The third-order valence-corrected chi connectivity index (χ3v) is 4.68. The molecule has 0 aliphatic heterocycles. The van der Waals surface area contributed by atoms with Crippen LogP contribution in [0.25, 0.3) is 22.2 Å². The summed E-state index contributed by atoms with van der Waals surface area (Å²) < 4.78 is 11.2. The first-order valence-electron chi connectivity index (χ1n) is 8.62. The van der Waals surface area contributed by atoms with Crippen LogP contribution in [0.1, 0.15) is 29.9 Å². The van der Waals surface area contributed by atoms with Crippen molar-refractivity contribution in [3.63, 3.8) is 0 Å². The number of fused-ring (bicyclic) bond motifs is 1. The highest BCUT2D eigenvalue weighted by Crippen LogP contribution is 2.29. The molecule has 3 aromatic carbocycles. The molecule has 4 heteroatoms. The van der Waals surface area contributed by atoms with Crippen LogP contribution < -0.4 is 4.74 Å². The largest absolute Gasteiger partial charge is 0.497 e. The lowest BCUT2D eigenvalue weighted by Gasteiger charge is -2.09. The Labute approximate surface area is 152 Å². The zero-order valence-corrected chi connectivity index (χ0v) is 15.1. The maximum atomic E-state index is 5.93. The van der Waals surface area contributed by atoms with E-state index in [1.165, 1.54) is 5.56 Å². The molecular weight excluding hydrogens is 324 g/mol. The fourth-order valence-corrected chi connectivity index (χ4v) is 3.00. The number of hydrogen-bond acceptors (Lipinski definition) is 4. The van der Waals surface area contributed by atoms with E-state index in [0.717, 1.165) is 27.6 Å². The lowest BCUT2D eigenvalue weighted by Crippen LogP contribution is -1.96. The normalized spacial score (nSPS) is 12.3. The number of ether oxygens (including phenoxy) is 1. The third kappa shape index (κ3) is 3.06. The molecule has 0 aliphatic rings. The van der Waals surface area contributed by atoms with Crippen LogP contribution in [-0.2, 0) is 0 Å². The minimum atomic E-state index is 0.0215. The fourth-order valence-electron chi connectivity index (χ4n) is 3.00. The Morgan fingerprint density at radius 1 is 0.885 bits per heavy atom. The van der Waals surface area contributed by atoms with Crippen molar-refractivity contribution in [2.45, 2.75) is 19.8 Å². The Kier molecular flexibility index (Phi) is 4.17. The average Bonchev–Trinajstić information content (AvgIpc) is 3.17. The Hall–Kier alpha value is -3.14. The van der Waals surface area contributed by atoms with Gasteiger partial charge in [-0.15, -0.1) is 10.2 Å². The summed E-state index contributed by atoms with van der Waals surface area (Å²) in [6.07, 6.45) is 0. The molecule has 4 rings (SSSR count). The summed E-state index contributed by atoms with van der Waals surface area (Å²) in [5.74, 6) is 2.05. The van der Waals surface area contributed by atoms with Crippen LogP contribution in [0.5, 0.6) is 5.75 Å². The number of hydrogen-bond donors (Lipinski definition) is 0. The quantitative estimate of drug-likeness (QED) is 0.500. The molecule has 4 nitrogen and oxygen atoms in total. The van der Waals surface area contributed by atoms with Gasteiger partial charge in [0.15, 0.2) is 0 Å². The molecule has 0 aliphatic carbocycles. The molecular formula is C22H20N2O2. The van der Waals surface area contributed by atoms with Gasteiger partial charge < -0.3 is 9.15 Å². The van der Waals surface area contributed by atoms with Gasteiger partial charge >= 0.3 is 0 Å². The molecule has 0 fully saturated rings. The molecule has 130 valence electrons. The predicted octanol–water partition coefficient (Wildman–Crippen LogP) is 5.36. The van der Waals surface area contributed by atoms with E-state index in [-0.39, 0.29) is 5.92 Å². The van der Waals surface area contributed by atoms with Gasteiger partial charge in [0.05, 0.1) is 13.0 Å². The van der Waals surface area contributed by atoms with E-state index in [0.29, 0.717) is 11.8 Å². The van der Waals surface area contributed by atoms with Crippen LogP contribution in [-0.4, -0.2) is 17.3 Å². The lowest BCUT2D eigenvalue weighted by molar-refractivity contribution is 0.415. The molecule has 1 unspecified atom stereocenters. The topological polar surface area (TPSA) is 48.2 Å². The number of nitrogens with zero attached hydrogens (tertiary/aromatic N) is 2. The third-order valence-electron chi connectivity index (χ3n) is 4.68. The van der Waals surface area contributed by atoms with E-state index in [4.69, 9.17) is 9.15 Å². The predicted molar refractivity (Wildman–Crippen MR) is 102 cm³/mol. The first kappa shape index (κ1) is 16.3. The van der Waals surface area contributed by atoms with Crippen LogP contribution >= 0.6 is 0 Å². The Bertz CT molecular complexity index is 1050. The summed E-state index contributed by atoms with van der Waals surface area (Å²) in [6, 6.07) is 20.5. The summed E-state index contributed by atoms with van der Waals surface area (Å²) in [5.41, 5.74) is 3.28. The highest BCUT2D eigenvalue weighted by molar-refractivity contribution is 5.84. The summed E-state index contributed by atoms with van der Waals surface area (Å²) in [6.45, 7) is 4.14. The second kappa shape index (κ2) is 6.64. The standard InChI is InChI=1S/C22H20N2O2/c1-14-4-6-16(7-5-14)22-24-23-21(26-22)15(2)17-8-9-19-13-20(25-3)11-10-18(19)12-17/h4-13,15H,1-3H3. The van der Waals surface area contributed by atoms with Crippen molar-refractivity contribution in [1.82, 2.24) is 10.2 Å². The van der Waals surface area contributed by atoms with Gasteiger partial charge in [-0.25, -0.2) is 0 Å². The second-order valence-corrected chi connectivity index (χ2v) is 6.51. The molecule has 0 N–H and O–H groups in total. The van der Waals surface area contributed by atoms with Crippen molar-refractivity contribution in [3.8, 4) is 17.2 Å². The van der Waals surface area contributed by atoms with Gasteiger partial charge in [-0.3, -0.25) is 0 Å². The minimum Gasteiger partial charge on any atom is -0.497 e. The van der Waals surface area contributed by atoms with Crippen LogP contribution in [0.15, 0.2) is 65.1 Å². The summed E-state index contributed by atoms with van der Waals surface area (Å²) >= 11 is 0. The van der Waals surface area contributed by atoms with Crippen LogP contribution in [0.4, 0.5) is 0 Å². The maximum absolute atomic E-state index is 5.93. The van der Waals surface area contributed by atoms with E-state index < -0.39 is 0 Å². The van der Waals surface area contributed by atoms with Crippen molar-refractivity contribution in [2.75, 3.05) is 7.11 Å². The molecule has 0 radical (unpaired) electrons. The summed E-state index contributed by atoms with van der Waals surface area (Å²) in [4.78, 5) is 0. The number of benzene rings is 3.